The van der Waals surface area contributed by atoms with Gasteiger partial charge in [-0.05, 0) is 31.0 Å². The zero-order valence-electron chi connectivity index (χ0n) is 12.2. The summed E-state index contributed by atoms with van der Waals surface area (Å²) in [5, 5.41) is 2.89. The molecule has 0 atom stereocenters. The monoisotopic (exact) mass is 311 g/mol. The van der Waals surface area contributed by atoms with Gasteiger partial charge in [-0.1, -0.05) is 12.1 Å². The number of rotatable bonds is 5. The first kappa shape index (κ1) is 16.1. The Morgan fingerprint density at radius 3 is 2.41 bits per heavy atom. The Bertz CT molecular complexity index is 627. The summed E-state index contributed by atoms with van der Waals surface area (Å²) in [6.45, 7) is 1.91. The van der Waals surface area contributed by atoms with E-state index >= 15 is 0 Å². The molecule has 0 bridgehead atoms. The second kappa shape index (κ2) is 6.64. The van der Waals surface area contributed by atoms with E-state index in [0.717, 1.165) is 17.4 Å². The van der Waals surface area contributed by atoms with Crippen molar-refractivity contribution in [3.05, 3.63) is 47.4 Å². The van der Waals surface area contributed by atoms with E-state index in [0.29, 0.717) is 13.0 Å². The number of nitrogens with zero attached hydrogens (tertiary/aromatic N) is 2. The minimum absolute atomic E-state index is 0.0850. The Kier molecular flexibility index (Phi) is 4.85. The second-order valence-electron chi connectivity index (χ2n) is 4.71. The molecule has 0 aliphatic carbocycles. The molecule has 0 fully saturated rings. The van der Waals surface area contributed by atoms with Crippen molar-refractivity contribution < 1.29 is 17.9 Å². The molecule has 0 spiro atoms. The van der Waals surface area contributed by atoms with Gasteiger partial charge in [0.05, 0.1) is 7.11 Å². The maximum atomic E-state index is 12.7. The number of halogens is 3. The van der Waals surface area contributed by atoms with Gasteiger partial charge in [-0.3, -0.25) is 0 Å². The van der Waals surface area contributed by atoms with Crippen LogP contribution >= 0.6 is 0 Å². The number of methoxy groups -OCH3 is 1. The number of anilines is 1. The largest absolute Gasteiger partial charge is 0.497 e. The first-order valence-electron chi connectivity index (χ1n) is 6.68. The van der Waals surface area contributed by atoms with Crippen molar-refractivity contribution in [2.24, 2.45) is 0 Å². The SMILES string of the molecule is COc1ccc(CCNc2cc(C(F)(F)F)nc(C)n2)cc1. The third-order valence-electron chi connectivity index (χ3n) is 3.01. The molecule has 1 aromatic carbocycles. The van der Waals surface area contributed by atoms with E-state index in [-0.39, 0.29) is 11.6 Å². The quantitative estimate of drug-likeness (QED) is 0.918. The first-order chi connectivity index (χ1) is 10.4. The fourth-order valence-corrected chi connectivity index (χ4v) is 1.93. The molecule has 0 unspecified atom stereocenters. The van der Waals surface area contributed by atoms with Crippen LogP contribution in [0.15, 0.2) is 30.3 Å². The molecular weight excluding hydrogens is 295 g/mol. The first-order valence-corrected chi connectivity index (χ1v) is 6.68. The molecule has 0 amide bonds. The molecule has 4 nitrogen and oxygen atoms in total. The van der Waals surface area contributed by atoms with E-state index in [4.69, 9.17) is 4.74 Å². The molecule has 0 aliphatic rings. The smallest absolute Gasteiger partial charge is 0.433 e. The Balaban J connectivity index is 1.97. The summed E-state index contributed by atoms with van der Waals surface area (Å²) in [6.07, 6.45) is -3.81. The van der Waals surface area contributed by atoms with E-state index < -0.39 is 11.9 Å². The van der Waals surface area contributed by atoms with E-state index in [9.17, 15) is 13.2 Å². The summed E-state index contributed by atoms with van der Waals surface area (Å²) in [4.78, 5) is 7.36. The maximum absolute atomic E-state index is 12.7. The molecule has 1 N–H and O–H groups in total. The lowest BCUT2D eigenvalue weighted by Crippen LogP contribution is -2.13. The van der Waals surface area contributed by atoms with Gasteiger partial charge in [0.15, 0.2) is 0 Å². The summed E-state index contributed by atoms with van der Waals surface area (Å²) in [6, 6.07) is 8.42. The molecule has 2 aromatic rings. The number of ether oxygens (including phenoxy) is 1. The summed E-state index contributed by atoms with van der Waals surface area (Å²) < 4.78 is 43.1. The molecule has 7 heteroatoms. The Morgan fingerprint density at radius 2 is 1.82 bits per heavy atom. The number of nitrogens with one attached hydrogen (secondary N) is 1. The molecular formula is C15H16F3N3O. The number of aromatic nitrogens is 2. The molecule has 22 heavy (non-hydrogen) atoms. The average molecular weight is 311 g/mol. The molecule has 0 radical (unpaired) electrons. The van der Waals surface area contributed by atoms with Gasteiger partial charge in [0.1, 0.15) is 23.1 Å². The number of aryl methyl sites for hydroxylation is 1. The molecule has 1 heterocycles. The van der Waals surface area contributed by atoms with Crippen molar-refractivity contribution in [2.45, 2.75) is 19.5 Å². The third kappa shape index (κ3) is 4.34. The van der Waals surface area contributed by atoms with Gasteiger partial charge < -0.3 is 10.1 Å². The molecule has 0 saturated carbocycles. The lowest BCUT2D eigenvalue weighted by Gasteiger charge is -2.10. The summed E-state index contributed by atoms with van der Waals surface area (Å²) in [5.41, 5.74) is 0.113. The molecule has 1 aromatic heterocycles. The minimum atomic E-state index is -4.47. The predicted octanol–water partition coefficient (Wildman–Crippen LogP) is 3.47. The van der Waals surface area contributed by atoms with E-state index in [1.165, 1.54) is 6.92 Å². The minimum Gasteiger partial charge on any atom is -0.497 e. The standard InChI is InChI=1S/C15H16F3N3O/c1-10-20-13(15(16,17)18)9-14(21-10)19-8-7-11-3-5-12(22-2)6-4-11/h3-6,9H,7-8H2,1-2H3,(H,19,20,21). The van der Waals surface area contributed by atoms with Crippen LogP contribution in [0.4, 0.5) is 19.0 Å². The molecule has 2 rings (SSSR count). The van der Waals surface area contributed by atoms with Crippen molar-refractivity contribution in [1.29, 1.82) is 0 Å². The predicted molar refractivity (Wildman–Crippen MR) is 77.0 cm³/mol. The van der Waals surface area contributed by atoms with Gasteiger partial charge in [-0.25, -0.2) is 9.97 Å². The van der Waals surface area contributed by atoms with Gasteiger partial charge in [0.2, 0.25) is 0 Å². The van der Waals surface area contributed by atoms with E-state index in [1.807, 2.05) is 24.3 Å². The Labute approximate surface area is 126 Å². The van der Waals surface area contributed by atoms with Crippen molar-refractivity contribution >= 4 is 5.82 Å². The van der Waals surface area contributed by atoms with E-state index in [2.05, 4.69) is 15.3 Å². The highest BCUT2D eigenvalue weighted by molar-refractivity contribution is 5.37. The maximum Gasteiger partial charge on any atom is 0.433 e. The molecule has 118 valence electrons. The van der Waals surface area contributed by atoms with E-state index in [1.54, 1.807) is 7.11 Å². The fourth-order valence-electron chi connectivity index (χ4n) is 1.93. The summed E-state index contributed by atoms with van der Waals surface area (Å²) in [7, 11) is 1.59. The van der Waals surface area contributed by atoms with Gasteiger partial charge in [-0.2, -0.15) is 13.2 Å². The van der Waals surface area contributed by atoms with Crippen LogP contribution in [0, 0.1) is 6.92 Å². The van der Waals surface area contributed by atoms with Crippen LogP contribution in [0.2, 0.25) is 0 Å². The highest BCUT2D eigenvalue weighted by atomic mass is 19.4. The number of benzene rings is 1. The van der Waals surface area contributed by atoms with Gasteiger partial charge >= 0.3 is 6.18 Å². The van der Waals surface area contributed by atoms with Crippen molar-refractivity contribution in [3.8, 4) is 5.75 Å². The lowest BCUT2D eigenvalue weighted by atomic mass is 10.1. The highest BCUT2D eigenvalue weighted by Crippen LogP contribution is 2.28. The fraction of sp³-hybridized carbons (Fsp3) is 0.333. The highest BCUT2D eigenvalue weighted by Gasteiger charge is 2.33. The van der Waals surface area contributed by atoms with Crippen molar-refractivity contribution in [1.82, 2.24) is 9.97 Å². The van der Waals surface area contributed by atoms with Gasteiger partial charge in [0.25, 0.3) is 0 Å². The zero-order valence-corrected chi connectivity index (χ0v) is 12.2. The van der Waals surface area contributed by atoms with Crippen molar-refractivity contribution in [2.75, 3.05) is 19.0 Å². The number of hydrogen-bond acceptors (Lipinski definition) is 4. The Hall–Kier alpha value is -2.31. The van der Waals surface area contributed by atoms with Crippen LogP contribution in [0.1, 0.15) is 17.1 Å². The van der Waals surface area contributed by atoms with Crippen LogP contribution in [0.25, 0.3) is 0 Å². The number of hydrogen-bond donors (Lipinski definition) is 1. The lowest BCUT2D eigenvalue weighted by molar-refractivity contribution is -0.141. The molecule has 0 aliphatic heterocycles. The average Bonchev–Trinajstić information content (AvgIpc) is 2.46. The third-order valence-corrected chi connectivity index (χ3v) is 3.01. The number of alkyl halides is 3. The van der Waals surface area contributed by atoms with Crippen LogP contribution in [0.5, 0.6) is 5.75 Å². The van der Waals surface area contributed by atoms with Gasteiger partial charge in [0, 0.05) is 12.6 Å². The molecule has 0 saturated heterocycles. The zero-order chi connectivity index (χ0) is 16.2. The van der Waals surface area contributed by atoms with Gasteiger partial charge in [-0.15, -0.1) is 0 Å². The second-order valence-corrected chi connectivity index (χ2v) is 4.71. The summed E-state index contributed by atoms with van der Waals surface area (Å²) >= 11 is 0. The summed E-state index contributed by atoms with van der Waals surface area (Å²) in [5.74, 6) is 1.02. The topological polar surface area (TPSA) is 47.0 Å². The van der Waals surface area contributed by atoms with Crippen LogP contribution in [-0.2, 0) is 12.6 Å². The van der Waals surface area contributed by atoms with Crippen LogP contribution in [-0.4, -0.2) is 23.6 Å². The van der Waals surface area contributed by atoms with Crippen LogP contribution in [0.3, 0.4) is 0 Å². The normalized spacial score (nSPS) is 11.3. The van der Waals surface area contributed by atoms with Crippen LogP contribution < -0.4 is 10.1 Å². The Morgan fingerprint density at radius 1 is 1.14 bits per heavy atom. The van der Waals surface area contributed by atoms with Crippen molar-refractivity contribution in [3.63, 3.8) is 0 Å².